The number of benzene rings is 2. The number of rotatable bonds is 3. The maximum atomic E-state index is 10.5. The smallest absolute Gasteiger partial charge is 0.145 e. The zero-order valence-electron chi connectivity index (χ0n) is 13.4. The van der Waals surface area contributed by atoms with Gasteiger partial charge in [0.2, 0.25) is 0 Å². The third-order valence-electron chi connectivity index (χ3n) is 4.17. The molecule has 0 saturated carbocycles. The van der Waals surface area contributed by atoms with Crippen molar-refractivity contribution in [1.82, 2.24) is 19.9 Å². The van der Waals surface area contributed by atoms with E-state index in [1.807, 2.05) is 50.2 Å². The first kappa shape index (κ1) is 14.9. The van der Waals surface area contributed by atoms with E-state index in [0.717, 1.165) is 33.2 Å². The summed E-state index contributed by atoms with van der Waals surface area (Å²) in [6.07, 6.45) is -2.39. The predicted molar refractivity (Wildman–Crippen MR) is 91.6 cm³/mol. The number of aliphatic hydroxyl groups excluding tert-OH is 2. The average molecular weight is 322 g/mol. The van der Waals surface area contributed by atoms with Crippen molar-refractivity contribution >= 4 is 22.1 Å². The molecule has 2 aromatic carbocycles. The molecule has 2 aromatic heterocycles. The first-order valence-electron chi connectivity index (χ1n) is 7.80. The Kier molecular flexibility index (Phi) is 3.37. The molecule has 2 atom stereocenters. The summed E-state index contributed by atoms with van der Waals surface area (Å²) in [6.45, 7) is 3.98. The van der Waals surface area contributed by atoms with Gasteiger partial charge in [0, 0.05) is 0 Å². The molecule has 0 aliphatic rings. The standard InChI is InChI=1S/C18H18N4O2/c1-9-3-5-11-13(7-9)21-17(19-11)15(23)16(24)18-20-12-6-4-10(2)8-14(12)22-18/h3-8,15-16,23-24H,1-2H3,(H,19,21)(H,20,22)/t15-,16-/m0/s1. The molecule has 2 heterocycles. The summed E-state index contributed by atoms with van der Waals surface area (Å²) in [5.74, 6) is 0.638. The minimum Gasteiger partial charge on any atom is -0.382 e. The third-order valence-corrected chi connectivity index (χ3v) is 4.17. The van der Waals surface area contributed by atoms with E-state index in [1.54, 1.807) is 0 Å². The van der Waals surface area contributed by atoms with E-state index in [0.29, 0.717) is 11.6 Å². The summed E-state index contributed by atoms with van der Waals surface area (Å²) in [4.78, 5) is 14.9. The number of aliphatic hydroxyl groups is 2. The number of aromatic nitrogens is 4. The van der Waals surface area contributed by atoms with Crippen LogP contribution in [-0.4, -0.2) is 30.1 Å². The number of hydrogen-bond acceptors (Lipinski definition) is 4. The van der Waals surface area contributed by atoms with Crippen LogP contribution < -0.4 is 0 Å². The van der Waals surface area contributed by atoms with Crippen molar-refractivity contribution in [3.63, 3.8) is 0 Å². The maximum Gasteiger partial charge on any atom is 0.145 e. The van der Waals surface area contributed by atoms with Gasteiger partial charge in [-0.15, -0.1) is 0 Å². The minimum atomic E-state index is -1.20. The first-order chi connectivity index (χ1) is 11.5. The number of aromatic amines is 2. The van der Waals surface area contributed by atoms with Crippen molar-refractivity contribution in [1.29, 1.82) is 0 Å². The van der Waals surface area contributed by atoms with Gasteiger partial charge in [-0.2, -0.15) is 0 Å². The van der Waals surface area contributed by atoms with Crippen molar-refractivity contribution in [2.24, 2.45) is 0 Å². The highest BCUT2D eigenvalue weighted by Gasteiger charge is 2.26. The molecule has 0 spiro atoms. The molecule has 24 heavy (non-hydrogen) atoms. The normalized spacial score (nSPS) is 14.3. The van der Waals surface area contributed by atoms with E-state index in [9.17, 15) is 10.2 Å². The first-order valence-corrected chi connectivity index (χ1v) is 7.80. The summed E-state index contributed by atoms with van der Waals surface area (Å²) in [6, 6.07) is 11.6. The Morgan fingerprint density at radius 1 is 0.750 bits per heavy atom. The number of imidazole rings is 2. The third kappa shape index (κ3) is 2.46. The van der Waals surface area contributed by atoms with Crippen LogP contribution in [0.4, 0.5) is 0 Å². The Hall–Kier alpha value is -2.70. The number of aryl methyl sites for hydroxylation is 2. The number of nitrogens with one attached hydrogen (secondary N) is 2. The predicted octanol–water partition coefficient (Wildman–Crippen LogP) is 2.82. The molecule has 122 valence electrons. The fourth-order valence-electron chi connectivity index (χ4n) is 2.87. The Bertz CT molecular complexity index is 950. The van der Waals surface area contributed by atoms with E-state index in [1.165, 1.54) is 0 Å². The van der Waals surface area contributed by atoms with Gasteiger partial charge >= 0.3 is 0 Å². The van der Waals surface area contributed by atoms with Gasteiger partial charge < -0.3 is 20.2 Å². The fourth-order valence-corrected chi connectivity index (χ4v) is 2.87. The van der Waals surface area contributed by atoms with Crippen LogP contribution in [0.5, 0.6) is 0 Å². The van der Waals surface area contributed by atoms with Crippen molar-refractivity contribution in [2.45, 2.75) is 26.1 Å². The summed E-state index contributed by atoms with van der Waals surface area (Å²) in [7, 11) is 0. The van der Waals surface area contributed by atoms with Crippen LogP contribution in [0, 0.1) is 13.8 Å². The molecule has 0 radical (unpaired) electrons. The summed E-state index contributed by atoms with van der Waals surface area (Å²) in [5.41, 5.74) is 5.36. The largest absolute Gasteiger partial charge is 0.382 e. The van der Waals surface area contributed by atoms with Crippen LogP contribution in [0.1, 0.15) is 35.0 Å². The van der Waals surface area contributed by atoms with Gasteiger partial charge in [0.05, 0.1) is 22.1 Å². The lowest BCUT2D eigenvalue weighted by molar-refractivity contribution is 0.00780. The number of hydrogen-bond donors (Lipinski definition) is 4. The molecule has 4 rings (SSSR count). The lowest BCUT2D eigenvalue weighted by Gasteiger charge is -2.13. The van der Waals surface area contributed by atoms with Crippen LogP contribution in [0.2, 0.25) is 0 Å². The van der Waals surface area contributed by atoms with Gasteiger partial charge in [-0.25, -0.2) is 9.97 Å². The van der Waals surface area contributed by atoms with Crippen LogP contribution in [0.15, 0.2) is 36.4 Å². The molecule has 6 nitrogen and oxygen atoms in total. The topological polar surface area (TPSA) is 97.8 Å². The second kappa shape index (κ2) is 5.43. The highest BCUT2D eigenvalue weighted by atomic mass is 16.3. The van der Waals surface area contributed by atoms with Crippen molar-refractivity contribution in [3.05, 3.63) is 59.2 Å². The molecular weight excluding hydrogens is 304 g/mol. The van der Waals surface area contributed by atoms with Crippen LogP contribution in [0.25, 0.3) is 22.1 Å². The zero-order valence-corrected chi connectivity index (χ0v) is 13.4. The van der Waals surface area contributed by atoms with E-state index in [4.69, 9.17) is 0 Å². The molecule has 0 bridgehead atoms. The second-order valence-electron chi connectivity index (χ2n) is 6.17. The van der Waals surface area contributed by atoms with E-state index in [-0.39, 0.29) is 0 Å². The molecular formula is C18H18N4O2. The Balaban J connectivity index is 1.69. The van der Waals surface area contributed by atoms with E-state index < -0.39 is 12.2 Å². The number of nitrogens with zero attached hydrogens (tertiary/aromatic N) is 2. The zero-order chi connectivity index (χ0) is 16.8. The molecule has 0 aliphatic heterocycles. The van der Waals surface area contributed by atoms with Crippen LogP contribution >= 0.6 is 0 Å². The maximum absolute atomic E-state index is 10.5. The van der Waals surface area contributed by atoms with Crippen LogP contribution in [-0.2, 0) is 0 Å². The number of H-pyrrole nitrogens is 2. The lowest BCUT2D eigenvalue weighted by atomic mass is 10.2. The second-order valence-corrected chi connectivity index (χ2v) is 6.17. The van der Waals surface area contributed by atoms with Gasteiger partial charge in [-0.05, 0) is 49.2 Å². The highest BCUT2D eigenvalue weighted by Crippen LogP contribution is 2.28. The molecule has 0 unspecified atom stereocenters. The average Bonchev–Trinajstić information content (AvgIpc) is 3.16. The van der Waals surface area contributed by atoms with Crippen molar-refractivity contribution in [3.8, 4) is 0 Å². The Morgan fingerprint density at radius 2 is 1.17 bits per heavy atom. The number of fused-ring (bicyclic) bond motifs is 2. The summed E-state index contributed by atoms with van der Waals surface area (Å²) in [5, 5.41) is 21.0. The van der Waals surface area contributed by atoms with Gasteiger partial charge in [-0.3, -0.25) is 0 Å². The monoisotopic (exact) mass is 322 g/mol. The fraction of sp³-hybridized carbons (Fsp3) is 0.222. The van der Waals surface area contributed by atoms with E-state index >= 15 is 0 Å². The molecule has 4 N–H and O–H groups in total. The van der Waals surface area contributed by atoms with Crippen molar-refractivity contribution < 1.29 is 10.2 Å². The van der Waals surface area contributed by atoms with Crippen molar-refractivity contribution in [2.75, 3.05) is 0 Å². The van der Waals surface area contributed by atoms with E-state index in [2.05, 4.69) is 19.9 Å². The molecule has 0 amide bonds. The molecule has 4 aromatic rings. The van der Waals surface area contributed by atoms with Gasteiger partial charge in [0.1, 0.15) is 23.9 Å². The van der Waals surface area contributed by atoms with Crippen LogP contribution in [0.3, 0.4) is 0 Å². The van der Waals surface area contributed by atoms with Gasteiger partial charge in [0.15, 0.2) is 0 Å². The van der Waals surface area contributed by atoms with Gasteiger partial charge in [0.25, 0.3) is 0 Å². The summed E-state index contributed by atoms with van der Waals surface area (Å²) >= 11 is 0. The lowest BCUT2D eigenvalue weighted by Crippen LogP contribution is -2.13. The Labute approximate surface area is 138 Å². The molecule has 0 aliphatic carbocycles. The summed E-state index contributed by atoms with van der Waals surface area (Å²) < 4.78 is 0. The van der Waals surface area contributed by atoms with Gasteiger partial charge in [-0.1, -0.05) is 12.1 Å². The molecule has 6 heteroatoms. The SMILES string of the molecule is Cc1ccc2nc([C@@H](O)[C@H](O)c3nc4ccc(C)cc4[nH]3)[nH]c2c1. The Morgan fingerprint density at radius 3 is 1.58 bits per heavy atom. The quantitative estimate of drug-likeness (QED) is 0.466. The minimum absolute atomic E-state index is 0.319. The highest BCUT2D eigenvalue weighted by molar-refractivity contribution is 5.76. The molecule has 0 fully saturated rings. The molecule has 0 saturated heterocycles.